The number of aromatic hydroxyl groups is 1. The number of benzene rings is 1. The molecule has 1 spiro atoms. The molecule has 1 amide bonds. The van der Waals surface area contributed by atoms with Gasteiger partial charge in [-0.05, 0) is 93.9 Å². The van der Waals surface area contributed by atoms with Crippen LogP contribution in [0.2, 0.25) is 0 Å². The van der Waals surface area contributed by atoms with E-state index in [-0.39, 0.29) is 29.8 Å². The van der Waals surface area contributed by atoms with E-state index in [9.17, 15) is 24.6 Å². The van der Waals surface area contributed by atoms with Crippen molar-refractivity contribution < 1.29 is 49.8 Å². The Kier molecular flexibility index (Phi) is 7.00. The van der Waals surface area contributed by atoms with Gasteiger partial charge in [0.1, 0.15) is 6.10 Å². The number of aliphatic carboxylic acids is 2. The van der Waals surface area contributed by atoms with Crippen LogP contribution in [0.3, 0.4) is 0 Å². The first-order valence-electron chi connectivity index (χ1n) is 15.8. The highest BCUT2D eigenvalue weighted by atomic mass is 16.5. The molecule has 3 fully saturated rings. The molecular weight excluding hydrogens is 572 g/mol. The number of amides is 1. The van der Waals surface area contributed by atoms with Crippen molar-refractivity contribution in [3.05, 3.63) is 34.4 Å². The van der Waals surface area contributed by atoms with Crippen LogP contribution >= 0.6 is 0 Å². The van der Waals surface area contributed by atoms with Gasteiger partial charge in [0.15, 0.2) is 23.7 Å². The number of carboxylic acid groups (broad SMARTS) is 2. The van der Waals surface area contributed by atoms with Crippen LogP contribution in [0.25, 0.3) is 0 Å². The van der Waals surface area contributed by atoms with E-state index in [4.69, 9.17) is 25.2 Å². The molecule has 1 saturated heterocycles. The molecule has 0 radical (unpaired) electrons. The Morgan fingerprint density at radius 1 is 1.02 bits per heavy atom. The lowest BCUT2D eigenvalue weighted by Gasteiger charge is -2.64. The second-order valence-corrected chi connectivity index (χ2v) is 13.7. The van der Waals surface area contributed by atoms with Crippen LogP contribution in [0.5, 0.6) is 11.5 Å². The number of phenolic OH excluding ortho intramolecular Hbond substituents is 1. The molecule has 44 heavy (non-hydrogen) atoms. The van der Waals surface area contributed by atoms with Crippen LogP contribution in [0.4, 0.5) is 0 Å². The largest absolute Gasteiger partial charge is 0.504 e. The minimum absolute atomic E-state index is 0.0632. The van der Waals surface area contributed by atoms with Gasteiger partial charge in [0.05, 0.1) is 17.1 Å². The molecule has 3 unspecified atom stereocenters. The number of nitrogens with zero attached hydrogens (tertiary/aromatic N) is 2. The van der Waals surface area contributed by atoms with Crippen LogP contribution < -0.4 is 4.74 Å². The van der Waals surface area contributed by atoms with E-state index >= 15 is 0 Å². The molecule has 0 aromatic heterocycles. The Morgan fingerprint density at radius 3 is 2.39 bits per heavy atom. The number of ether oxygens (including phenoxy) is 1. The number of rotatable bonds is 6. The lowest BCUT2D eigenvalue weighted by atomic mass is 9.48. The van der Waals surface area contributed by atoms with E-state index in [1.54, 1.807) is 6.07 Å². The van der Waals surface area contributed by atoms with Crippen LogP contribution in [0.1, 0.15) is 68.9 Å². The van der Waals surface area contributed by atoms with Gasteiger partial charge < -0.3 is 40.3 Å². The summed E-state index contributed by atoms with van der Waals surface area (Å²) in [4.78, 5) is 37.7. The number of hydrogen-bond acceptors (Lipinski definition) is 9. The molecule has 2 saturated carbocycles. The average Bonchev–Trinajstić information content (AvgIpc) is 3.66. The lowest BCUT2D eigenvalue weighted by molar-refractivity contribution is -0.200. The minimum atomic E-state index is -2.27. The summed E-state index contributed by atoms with van der Waals surface area (Å²) in [6.45, 7) is 2.76. The Morgan fingerprint density at radius 2 is 1.73 bits per heavy atom. The number of likely N-dealkylation sites (tertiary alicyclic amines) is 1. The molecule has 7 aliphatic rings. The lowest BCUT2D eigenvalue weighted by Crippen LogP contribution is -2.78. The number of carbonyl (C=O) groups excluding carboxylic acids is 1. The first kappa shape index (κ1) is 29.5. The van der Waals surface area contributed by atoms with E-state index in [0.717, 1.165) is 75.2 Å². The zero-order valence-corrected chi connectivity index (χ0v) is 24.5. The normalized spacial score (nSPS) is 34.8. The molecule has 8 rings (SSSR count). The van der Waals surface area contributed by atoms with E-state index in [1.807, 2.05) is 0 Å². The highest BCUT2D eigenvalue weighted by Crippen LogP contribution is 2.66. The van der Waals surface area contributed by atoms with E-state index in [0.29, 0.717) is 12.2 Å². The number of carbonyl (C=O) groups is 3. The minimum Gasteiger partial charge on any atom is -0.504 e. The Bertz CT molecular complexity index is 1420. The number of phenols is 1. The Balaban J connectivity index is 0.000000273. The highest BCUT2D eigenvalue weighted by molar-refractivity contribution is 5.97. The summed E-state index contributed by atoms with van der Waals surface area (Å²) in [6.07, 6.45) is 5.09. The fraction of sp³-hybridized carbons (Fsp3) is 0.656. The van der Waals surface area contributed by atoms with Crippen molar-refractivity contribution in [2.24, 2.45) is 5.92 Å². The molecule has 1 aromatic rings. The van der Waals surface area contributed by atoms with Gasteiger partial charge in [-0.1, -0.05) is 6.07 Å². The first-order chi connectivity index (χ1) is 21.0. The molecule has 3 aliphatic heterocycles. The molecule has 12 nitrogen and oxygen atoms in total. The van der Waals surface area contributed by atoms with Gasteiger partial charge in [0, 0.05) is 30.3 Å². The zero-order valence-electron chi connectivity index (χ0n) is 24.5. The maximum atomic E-state index is 13.6. The SMILES string of the molecule is O=C(O)C(O)C(O)C(=O)O.O=C1C2=C(CCCC2)CN1[C@@H]1CCC2(O)[C@H]3Cc4ccc(O)c5c4[C@@]2(CCN3CC2CC2)[C@H]1O5. The van der Waals surface area contributed by atoms with Gasteiger partial charge in [0.2, 0.25) is 5.91 Å². The van der Waals surface area contributed by atoms with Crippen molar-refractivity contribution in [2.75, 3.05) is 19.6 Å². The third kappa shape index (κ3) is 4.21. The average molecular weight is 613 g/mol. The predicted molar refractivity (Wildman–Crippen MR) is 153 cm³/mol. The number of piperidine rings is 1. The van der Waals surface area contributed by atoms with Crippen molar-refractivity contribution in [3.63, 3.8) is 0 Å². The van der Waals surface area contributed by atoms with Crippen molar-refractivity contribution >= 4 is 17.8 Å². The molecule has 3 heterocycles. The molecule has 4 aliphatic carbocycles. The van der Waals surface area contributed by atoms with Gasteiger partial charge in [-0.15, -0.1) is 0 Å². The van der Waals surface area contributed by atoms with Crippen molar-refractivity contribution in [2.45, 2.75) is 106 Å². The van der Waals surface area contributed by atoms with Gasteiger partial charge in [-0.3, -0.25) is 9.69 Å². The highest BCUT2D eigenvalue weighted by Gasteiger charge is 2.73. The van der Waals surface area contributed by atoms with Crippen molar-refractivity contribution in [1.29, 1.82) is 0 Å². The van der Waals surface area contributed by atoms with Gasteiger partial charge in [0.25, 0.3) is 0 Å². The Hall–Kier alpha value is -3.19. The quantitative estimate of drug-likeness (QED) is 0.268. The van der Waals surface area contributed by atoms with Crippen LogP contribution in [0.15, 0.2) is 23.3 Å². The summed E-state index contributed by atoms with van der Waals surface area (Å²) in [5.74, 6) is -1.81. The second kappa shape index (κ2) is 10.4. The third-order valence-corrected chi connectivity index (χ3v) is 11.4. The van der Waals surface area contributed by atoms with Crippen LogP contribution in [0, 0.1) is 5.92 Å². The number of carboxylic acids is 2. The fourth-order valence-electron chi connectivity index (χ4n) is 9.16. The van der Waals surface area contributed by atoms with Gasteiger partial charge in [-0.2, -0.15) is 0 Å². The first-order valence-corrected chi connectivity index (χ1v) is 15.8. The van der Waals surface area contributed by atoms with Gasteiger partial charge in [-0.25, -0.2) is 9.59 Å². The molecule has 1 aromatic carbocycles. The van der Waals surface area contributed by atoms with E-state index in [1.165, 1.54) is 30.4 Å². The zero-order chi connectivity index (χ0) is 31.1. The number of hydrogen-bond donors (Lipinski definition) is 6. The van der Waals surface area contributed by atoms with Crippen molar-refractivity contribution in [1.82, 2.24) is 9.80 Å². The third-order valence-electron chi connectivity index (χ3n) is 11.4. The molecular formula is C32H40N2O10. The van der Waals surface area contributed by atoms with E-state index in [2.05, 4.69) is 15.9 Å². The summed E-state index contributed by atoms with van der Waals surface area (Å²) in [6, 6.07) is 3.84. The fourth-order valence-corrected chi connectivity index (χ4v) is 9.16. The smallest absolute Gasteiger partial charge is 0.335 e. The van der Waals surface area contributed by atoms with Gasteiger partial charge >= 0.3 is 11.9 Å². The standard InChI is InChI=1S/C28H34N2O4.C4H6O6/c31-21-8-7-17-13-22-28(33)10-9-20(30-15-18-3-1-2-4-19(18)26(30)32)25-27(28,23(17)24(21)34-25)11-12-29(22)14-16-5-6-16;5-1(3(7)8)2(6)4(9)10/h7-8,16,20,22,25,31,33H,1-6,9-15H2;1-2,5-6H,(H,7,8)(H,9,10)/t20-,22-,25+,27+,28?;/m1./s1. The van der Waals surface area contributed by atoms with Crippen LogP contribution in [-0.4, -0.2) is 114 Å². The summed E-state index contributed by atoms with van der Waals surface area (Å²) in [5, 5.41) is 56.0. The Labute approximate surface area is 254 Å². The van der Waals surface area contributed by atoms with Crippen LogP contribution in [-0.2, 0) is 26.2 Å². The van der Waals surface area contributed by atoms with E-state index < -0.39 is 35.2 Å². The molecule has 12 heteroatoms. The molecule has 238 valence electrons. The summed E-state index contributed by atoms with van der Waals surface area (Å²) >= 11 is 0. The maximum Gasteiger partial charge on any atom is 0.335 e. The summed E-state index contributed by atoms with van der Waals surface area (Å²) < 4.78 is 6.69. The summed E-state index contributed by atoms with van der Waals surface area (Å²) in [7, 11) is 0. The van der Waals surface area contributed by atoms with Crippen molar-refractivity contribution in [3.8, 4) is 11.5 Å². The summed E-state index contributed by atoms with van der Waals surface area (Å²) in [5.41, 5.74) is 3.21. The number of aliphatic hydroxyl groups excluding tert-OH is 2. The molecule has 7 atom stereocenters. The predicted octanol–water partition coefficient (Wildman–Crippen LogP) is 0.915. The number of aliphatic hydroxyl groups is 3. The topological polar surface area (TPSA) is 188 Å². The maximum absolute atomic E-state index is 13.6. The molecule has 2 bridgehead atoms. The monoisotopic (exact) mass is 612 g/mol. The second-order valence-electron chi connectivity index (χ2n) is 13.7. The molecule has 6 N–H and O–H groups in total.